The molecule has 0 fully saturated rings. The number of pyridine rings is 1. The number of aromatic nitrogens is 1. The van der Waals surface area contributed by atoms with Gasteiger partial charge in [0, 0.05) is 42.5 Å². The van der Waals surface area contributed by atoms with Crippen LogP contribution in [-0.2, 0) is 27.2 Å². The predicted molar refractivity (Wildman–Crippen MR) is 182 cm³/mol. The number of hydrogen-bond donors (Lipinski definition) is 4. The van der Waals surface area contributed by atoms with Crippen molar-refractivity contribution in [2.24, 2.45) is 0 Å². The fraction of sp³-hybridized carbons (Fsp3) is 0.333. The van der Waals surface area contributed by atoms with Gasteiger partial charge in [0.05, 0.1) is 6.61 Å². The largest absolute Gasteiger partial charge is 0.479 e. The van der Waals surface area contributed by atoms with E-state index in [9.17, 15) is 24.3 Å². The number of carboxylic acid groups (broad SMARTS) is 1. The molecule has 248 valence electrons. The Kier molecular flexibility index (Phi) is 10.9. The average Bonchev–Trinajstić information content (AvgIpc) is 3.01. The molecule has 2 atom stereocenters. The minimum atomic E-state index is -1.06. The van der Waals surface area contributed by atoms with E-state index in [1.54, 1.807) is 82.5 Å². The number of aliphatic carboxylic acids is 1. The van der Waals surface area contributed by atoms with Gasteiger partial charge in [-0.1, -0.05) is 50.2 Å². The van der Waals surface area contributed by atoms with Crippen LogP contribution in [0.2, 0.25) is 0 Å². The van der Waals surface area contributed by atoms with Gasteiger partial charge in [-0.15, -0.1) is 0 Å². The summed E-state index contributed by atoms with van der Waals surface area (Å²) in [4.78, 5) is 53.7. The molecule has 2 amide bonds. The highest BCUT2D eigenvalue weighted by Crippen LogP contribution is 2.28. The third-order valence-electron chi connectivity index (χ3n) is 7.51. The number of carbonyl (C=O) groups is 3. The van der Waals surface area contributed by atoms with Crippen molar-refractivity contribution in [3.05, 3.63) is 106 Å². The molecule has 0 radical (unpaired) electrons. The van der Waals surface area contributed by atoms with Gasteiger partial charge in [0.15, 0.2) is 6.04 Å². The molecule has 0 bridgehead atoms. The van der Waals surface area contributed by atoms with Gasteiger partial charge in [0.25, 0.3) is 5.56 Å². The van der Waals surface area contributed by atoms with Gasteiger partial charge in [0.2, 0.25) is 0 Å². The van der Waals surface area contributed by atoms with Gasteiger partial charge in [-0.25, -0.2) is 14.4 Å². The summed E-state index contributed by atoms with van der Waals surface area (Å²) in [7, 11) is 1.65. The van der Waals surface area contributed by atoms with Gasteiger partial charge in [-0.05, 0) is 85.2 Å². The number of aromatic amines is 1. The SMILES string of the molecule is CCc1cc(C(Nc2ccc3cc[nH]c(=O)c3c2)C(=O)O)ccc1[C@@H](C)COC(=O)Nc1cccc(CN(C)C(=O)OC(C)(C)C)c1. The van der Waals surface area contributed by atoms with E-state index in [1.165, 1.54) is 4.90 Å². The van der Waals surface area contributed by atoms with Crippen molar-refractivity contribution in [2.75, 3.05) is 24.3 Å². The zero-order chi connectivity index (χ0) is 34.3. The van der Waals surface area contributed by atoms with E-state index in [0.29, 0.717) is 35.3 Å². The first-order valence-electron chi connectivity index (χ1n) is 15.4. The number of H-pyrrole nitrogens is 1. The smallest absolute Gasteiger partial charge is 0.411 e. The Morgan fingerprint density at radius 1 is 1.00 bits per heavy atom. The van der Waals surface area contributed by atoms with Crippen molar-refractivity contribution in [2.45, 2.75) is 65.1 Å². The lowest BCUT2D eigenvalue weighted by atomic mass is 9.91. The van der Waals surface area contributed by atoms with Crippen LogP contribution < -0.4 is 16.2 Å². The number of fused-ring (bicyclic) bond motifs is 1. The number of rotatable bonds is 11. The van der Waals surface area contributed by atoms with E-state index < -0.39 is 29.8 Å². The van der Waals surface area contributed by atoms with E-state index in [1.807, 2.05) is 32.0 Å². The Hall–Kier alpha value is -5.32. The number of carboxylic acids is 1. The topological polar surface area (TPSA) is 150 Å². The summed E-state index contributed by atoms with van der Waals surface area (Å²) in [6, 6.07) is 18.5. The molecule has 4 aromatic rings. The van der Waals surface area contributed by atoms with Gasteiger partial charge in [-0.3, -0.25) is 10.1 Å². The first-order chi connectivity index (χ1) is 22.2. The van der Waals surface area contributed by atoms with Crippen molar-refractivity contribution in [3.8, 4) is 0 Å². The maximum atomic E-state index is 12.7. The summed E-state index contributed by atoms with van der Waals surface area (Å²) in [5.74, 6) is -1.22. The first kappa shape index (κ1) is 34.6. The van der Waals surface area contributed by atoms with Gasteiger partial charge < -0.3 is 29.8 Å². The number of aryl methyl sites for hydroxylation is 1. The van der Waals surface area contributed by atoms with Crippen molar-refractivity contribution in [1.29, 1.82) is 0 Å². The molecule has 0 aliphatic heterocycles. The molecule has 11 nitrogen and oxygen atoms in total. The van der Waals surface area contributed by atoms with Crippen LogP contribution >= 0.6 is 0 Å². The number of benzene rings is 3. The van der Waals surface area contributed by atoms with E-state index in [4.69, 9.17) is 9.47 Å². The molecule has 1 aromatic heterocycles. The Bertz CT molecular complexity index is 1810. The maximum Gasteiger partial charge on any atom is 0.411 e. The van der Waals surface area contributed by atoms with E-state index in [0.717, 1.165) is 22.1 Å². The highest BCUT2D eigenvalue weighted by molar-refractivity contribution is 5.87. The lowest BCUT2D eigenvalue weighted by Gasteiger charge is -2.24. The molecule has 0 aliphatic rings. The van der Waals surface area contributed by atoms with E-state index in [-0.39, 0.29) is 18.1 Å². The fourth-order valence-corrected chi connectivity index (χ4v) is 5.19. The Morgan fingerprint density at radius 2 is 1.77 bits per heavy atom. The molecule has 1 heterocycles. The number of anilines is 2. The normalized spacial score (nSPS) is 12.6. The van der Waals surface area contributed by atoms with E-state index in [2.05, 4.69) is 15.6 Å². The lowest BCUT2D eigenvalue weighted by molar-refractivity contribution is -0.138. The lowest BCUT2D eigenvalue weighted by Crippen LogP contribution is -2.33. The van der Waals surface area contributed by atoms with Crippen LogP contribution in [0, 0.1) is 0 Å². The summed E-state index contributed by atoms with van der Waals surface area (Å²) in [6.45, 7) is 9.74. The van der Waals surface area contributed by atoms with Crippen LogP contribution in [0.3, 0.4) is 0 Å². The highest BCUT2D eigenvalue weighted by Gasteiger charge is 2.23. The van der Waals surface area contributed by atoms with Gasteiger partial charge in [-0.2, -0.15) is 0 Å². The molecule has 0 aliphatic carbocycles. The molecule has 4 rings (SSSR count). The number of carbonyl (C=O) groups excluding carboxylic acids is 2. The second kappa shape index (κ2) is 14.8. The van der Waals surface area contributed by atoms with Crippen LogP contribution in [0.5, 0.6) is 0 Å². The molecule has 0 saturated heterocycles. The molecule has 0 spiro atoms. The summed E-state index contributed by atoms with van der Waals surface area (Å²) < 4.78 is 10.9. The molecular weight excluding hydrogens is 600 g/mol. The Labute approximate surface area is 273 Å². The zero-order valence-corrected chi connectivity index (χ0v) is 27.5. The minimum absolute atomic E-state index is 0.103. The Morgan fingerprint density at radius 3 is 2.47 bits per heavy atom. The highest BCUT2D eigenvalue weighted by atomic mass is 16.6. The van der Waals surface area contributed by atoms with E-state index >= 15 is 0 Å². The molecule has 4 N–H and O–H groups in total. The monoisotopic (exact) mass is 642 g/mol. The molecular formula is C36H42N4O7. The molecule has 1 unspecified atom stereocenters. The van der Waals surface area contributed by atoms with Crippen molar-refractivity contribution in [1.82, 2.24) is 9.88 Å². The number of ether oxygens (including phenoxy) is 2. The van der Waals surface area contributed by atoms with Crippen molar-refractivity contribution in [3.63, 3.8) is 0 Å². The van der Waals surface area contributed by atoms with Crippen LogP contribution in [0.15, 0.2) is 77.7 Å². The third kappa shape index (κ3) is 9.35. The molecule has 0 saturated carbocycles. The van der Waals surface area contributed by atoms with Crippen LogP contribution in [0.25, 0.3) is 10.8 Å². The number of amides is 2. The van der Waals surface area contributed by atoms with Crippen molar-refractivity contribution >= 4 is 40.3 Å². The second-order valence-corrected chi connectivity index (χ2v) is 12.5. The Balaban J connectivity index is 1.38. The van der Waals surface area contributed by atoms with Crippen LogP contribution in [0.4, 0.5) is 21.0 Å². The van der Waals surface area contributed by atoms with Crippen molar-refractivity contribution < 1.29 is 29.0 Å². The molecule has 11 heteroatoms. The standard InChI is InChI=1S/C36H42N4O7/c1-7-24-18-26(31(33(42)43)38-28-13-11-25-15-16-37-32(41)30(25)19-28)12-14-29(24)22(2)21-46-34(44)39-27-10-8-9-23(17-27)20-40(6)35(45)47-36(3,4)5/h8-19,22,31,38H,7,20-21H2,1-6H3,(H,37,41)(H,39,44)(H,42,43)/t22-,31?/m0/s1. The number of hydrogen-bond acceptors (Lipinski definition) is 7. The minimum Gasteiger partial charge on any atom is -0.479 e. The second-order valence-electron chi connectivity index (χ2n) is 12.5. The van der Waals surface area contributed by atoms with Gasteiger partial charge >= 0.3 is 18.2 Å². The summed E-state index contributed by atoms with van der Waals surface area (Å²) in [6.07, 6.45) is 1.15. The fourth-order valence-electron chi connectivity index (χ4n) is 5.19. The molecule has 3 aromatic carbocycles. The third-order valence-corrected chi connectivity index (χ3v) is 7.51. The average molecular weight is 643 g/mol. The number of nitrogens with one attached hydrogen (secondary N) is 3. The van der Waals surface area contributed by atoms with Gasteiger partial charge in [0.1, 0.15) is 5.60 Å². The summed E-state index contributed by atoms with van der Waals surface area (Å²) >= 11 is 0. The zero-order valence-electron chi connectivity index (χ0n) is 27.5. The maximum absolute atomic E-state index is 12.7. The van der Waals surface area contributed by atoms with Crippen LogP contribution in [0.1, 0.15) is 68.8 Å². The summed E-state index contributed by atoms with van der Waals surface area (Å²) in [5, 5.41) is 17.1. The first-order valence-corrected chi connectivity index (χ1v) is 15.4. The number of nitrogens with zero attached hydrogens (tertiary/aromatic N) is 1. The molecule has 47 heavy (non-hydrogen) atoms. The van der Waals surface area contributed by atoms with Crippen LogP contribution in [-0.4, -0.2) is 52.4 Å². The summed E-state index contributed by atoms with van der Waals surface area (Å²) in [5.41, 5.74) is 3.43. The quantitative estimate of drug-likeness (QED) is 0.136. The predicted octanol–water partition coefficient (Wildman–Crippen LogP) is 7.05.